The van der Waals surface area contributed by atoms with Crippen molar-refractivity contribution in [3.63, 3.8) is 0 Å². The number of nitrogens with one attached hydrogen (secondary N) is 1. The van der Waals surface area contributed by atoms with Gasteiger partial charge in [-0.2, -0.15) is 0 Å². The van der Waals surface area contributed by atoms with Gasteiger partial charge < -0.3 is 14.6 Å². The molecule has 0 fully saturated rings. The summed E-state index contributed by atoms with van der Waals surface area (Å²) in [5.41, 5.74) is 3.31. The van der Waals surface area contributed by atoms with Crippen molar-refractivity contribution in [3.8, 4) is 11.1 Å². The second kappa shape index (κ2) is 8.90. The van der Waals surface area contributed by atoms with Crippen LogP contribution in [0, 0.1) is 11.3 Å². The molecular formula is C25H28N2O4S. The van der Waals surface area contributed by atoms with Crippen LogP contribution >= 0.6 is 11.3 Å². The molecule has 0 unspecified atom stereocenters. The lowest BCUT2D eigenvalue weighted by molar-refractivity contribution is 0.0529. The van der Waals surface area contributed by atoms with E-state index in [-0.39, 0.29) is 17.9 Å². The SMILES string of the molecule is CCOC(=O)c1c(-c2ccccc2)csc1NC(=O)c1noc2c1C[C@H](C(C)(C)C)CC2. The van der Waals surface area contributed by atoms with Crippen LogP contribution in [0.5, 0.6) is 0 Å². The summed E-state index contributed by atoms with van der Waals surface area (Å²) in [5, 5.41) is 9.31. The zero-order chi connectivity index (χ0) is 22.9. The minimum Gasteiger partial charge on any atom is -0.462 e. The smallest absolute Gasteiger partial charge is 0.341 e. The minimum absolute atomic E-state index is 0.137. The number of carbonyl (C=O) groups is 2. The van der Waals surface area contributed by atoms with Gasteiger partial charge in [0.15, 0.2) is 5.69 Å². The minimum atomic E-state index is -0.460. The van der Waals surface area contributed by atoms with Crippen LogP contribution in [0.2, 0.25) is 0 Å². The number of rotatable bonds is 5. The molecule has 3 aromatic rings. The van der Waals surface area contributed by atoms with E-state index in [9.17, 15) is 9.59 Å². The van der Waals surface area contributed by atoms with Gasteiger partial charge in [-0.3, -0.25) is 4.79 Å². The molecule has 1 N–H and O–H groups in total. The number of benzene rings is 1. The molecule has 1 aliphatic rings. The Kier molecular flexibility index (Phi) is 6.20. The highest BCUT2D eigenvalue weighted by Gasteiger charge is 2.34. The molecule has 1 atom stereocenters. The van der Waals surface area contributed by atoms with E-state index >= 15 is 0 Å². The number of carbonyl (C=O) groups excluding carboxylic acids is 2. The molecule has 0 bridgehead atoms. The van der Waals surface area contributed by atoms with E-state index in [2.05, 4.69) is 31.2 Å². The number of aromatic nitrogens is 1. The molecule has 2 heterocycles. The molecular weight excluding hydrogens is 424 g/mol. The zero-order valence-electron chi connectivity index (χ0n) is 18.9. The average molecular weight is 453 g/mol. The van der Waals surface area contributed by atoms with E-state index in [0.29, 0.717) is 22.2 Å². The third-order valence-corrected chi connectivity index (χ3v) is 6.96. The molecule has 2 aromatic heterocycles. The molecule has 6 nitrogen and oxygen atoms in total. The Bertz CT molecular complexity index is 1120. The maximum absolute atomic E-state index is 13.2. The van der Waals surface area contributed by atoms with Gasteiger partial charge in [-0.1, -0.05) is 56.3 Å². The van der Waals surface area contributed by atoms with Crippen molar-refractivity contribution in [1.82, 2.24) is 5.16 Å². The molecule has 0 aliphatic heterocycles. The number of hydrogen-bond acceptors (Lipinski definition) is 6. The van der Waals surface area contributed by atoms with Crippen molar-refractivity contribution in [1.29, 1.82) is 0 Å². The second-order valence-corrected chi connectivity index (χ2v) is 10.0. The van der Waals surface area contributed by atoms with E-state index < -0.39 is 5.97 Å². The normalized spacial score (nSPS) is 15.8. The van der Waals surface area contributed by atoms with Crippen molar-refractivity contribution in [2.24, 2.45) is 11.3 Å². The predicted molar refractivity (Wildman–Crippen MR) is 125 cm³/mol. The summed E-state index contributed by atoms with van der Waals surface area (Å²) in [6, 6.07) is 9.59. The number of esters is 1. The van der Waals surface area contributed by atoms with Gasteiger partial charge in [0, 0.05) is 22.9 Å². The number of hydrogen-bond donors (Lipinski definition) is 1. The zero-order valence-corrected chi connectivity index (χ0v) is 19.7. The van der Waals surface area contributed by atoms with Crippen LogP contribution in [0.15, 0.2) is 40.2 Å². The maximum atomic E-state index is 13.2. The summed E-state index contributed by atoms with van der Waals surface area (Å²) in [5.74, 6) is 0.411. The fourth-order valence-corrected chi connectivity index (χ4v) is 5.12. The van der Waals surface area contributed by atoms with Crippen molar-refractivity contribution in [2.45, 2.75) is 47.0 Å². The molecule has 0 radical (unpaired) electrons. The highest BCUT2D eigenvalue weighted by molar-refractivity contribution is 7.15. The van der Waals surface area contributed by atoms with Crippen molar-refractivity contribution < 1.29 is 18.8 Å². The number of aryl methyl sites for hydroxylation is 1. The summed E-state index contributed by atoms with van der Waals surface area (Å²) in [7, 11) is 0. The summed E-state index contributed by atoms with van der Waals surface area (Å²) in [6.07, 6.45) is 2.56. The Labute approximate surface area is 192 Å². The number of fused-ring (bicyclic) bond motifs is 1. The van der Waals surface area contributed by atoms with Crippen molar-refractivity contribution in [2.75, 3.05) is 11.9 Å². The first-order chi connectivity index (χ1) is 15.3. The first-order valence-electron chi connectivity index (χ1n) is 10.9. The van der Waals surface area contributed by atoms with Crippen LogP contribution in [0.4, 0.5) is 5.00 Å². The van der Waals surface area contributed by atoms with Crippen molar-refractivity contribution >= 4 is 28.2 Å². The van der Waals surface area contributed by atoms with Crippen LogP contribution in [0.1, 0.15) is 66.3 Å². The standard InChI is InChI=1S/C25H28N2O4S/c1-5-30-24(29)20-18(15-9-7-6-8-10-15)14-32-23(20)26-22(28)21-17-13-16(25(2,3)4)11-12-19(17)31-27-21/h6-10,14,16H,5,11-13H2,1-4H3,(H,26,28)/t16-/m1/s1. The molecule has 0 saturated carbocycles. The Morgan fingerprint density at radius 2 is 2.00 bits per heavy atom. The van der Waals surface area contributed by atoms with Gasteiger partial charge >= 0.3 is 5.97 Å². The largest absolute Gasteiger partial charge is 0.462 e. The fraction of sp³-hybridized carbons (Fsp3) is 0.400. The number of nitrogens with zero attached hydrogens (tertiary/aromatic N) is 1. The van der Waals surface area contributed by atoms with E-state index in [4.69, 9.17) is 9.26 Å². The van der Waals surface area contributed by atoms with E-state index in [1.165, 1.54) is 11.3 Å². The van der Waals surface area contributed by atoms with Crippen LogP contribution in [-0.4, -0.2) is 23.6 Å². The Balaban J connectivity index is 1.65. The summed E-state index contributed by atoms with van der Waals surface area (Å²) < 4.78 is 10.8. The topological polar surface area (TPSA) is 81.4 Å². The highest BCUT2D eigenvalue weighted by Crippen LogP contribution is 2.39. The van der Waals surface area contributed by atoms with E-state index in [1.54, 1.807) is 6.92 Å². The monoisotopic (exact) mass is 452 g/mol. The van der Waals surface area contributed by atoms with Crippen LogP contribution in [0.3, 0.4) is 0 Å². The summed E-state index contributed by atoms with van der Waals surface area (Å²) in [4.78, 5) is 26.0. The van der Waals surface area contributed by atoms with Crippen molar-refractivity contribution in [3.05, 3.63) is 58.3 Å². The Morgan fingerprint density at radius 1 is 1.25 bits per heavy atom. The molecule has 7 heteroatoms. The first-order valence-corrected chi connectivity index (χ1v) is 11.8. The van der Waals surface area contributed by atoms with Gasteiger partial charge in [-0.05, 0) is 36.7 Å². The molecule has 1 aliphatic carbocycles. The number of amides is 1. The lowest BCUT2D eigenvalue weighted by Crippen LogP contribution is -2.27. The molecule has 0 spiro atoms. The third-order valence-electron chi connectivity index (χ3n) is 6.06. The summed E-state index contributed by atoms with van der Waals surface area (Å²) in [6.45, 7) is 8.67. The Hall–Kier alpha value is -2.93. The van der Waals surface area contributed by atoms with Crippen LogP contribution < -0.4 is 5.32 Å². The van der Waals surface area contributed by atoms with Gasteiger partial charge in [0.25, 0.3) is 5.91 Å². The molecule has 4 rings (SSSR count). The second-order valence-electron chi connectivity index (χ2n) is 9.13. The first kappa shape index (κ1) is 22.3. The van der Waals surface area contributed by atoms with Gasteiger partial charge in [-0.25, -0.2) is 4.79 Å². The molecule has 168 valence electrons. The number of thiophene rings is 1. The van der Waals surface area contributed by atoms with Gasteiger partial charge in [0.05, 0.1) is 6.61 Å². The number of anilines is 1. The third kappa shape index (κ3) is 4.35. The molecule has 32 heavy (non-hydrogen) atoms. The lowest BCUT2D eigenvalue weighted by Gasteiger charge is -2.33. The quantitative estimate of drug-likeness (QED) is 0.481. The van der Waals surface area contributed by atoms with Gasteiger partial charge in [0.2, 0.25) is 0 Å². The maximum Gasteiger partial charge on any atom is 0.341 e. The molecule has 1 amide bonds. The Morgan fingerprint density at radius 3 is 2.69 bits per heavy atom. The fourth-order valence-electron chi connectivity index (χ4n) is 4.17. The number of ether oxygens (including phenoxy) is 1. The van der Waals surface area contributed by atoms with E-state index in [0.717, 1.165) is 41.7 Å². The van der Waals surface area contributed by atoms with E-state index in [1.807, 2.05) is 35.7 Å². The molecule has 0 saturated heterocycles. The summed E-state index contributed by atoms with van der Waals surface area (Å²) >= 11 is 1.30. The molecule has 1 aromatic carbocycles. The predicted octanol–water partition coefficient (Wildman–Crippen LogP) is 5.98. The van der Waals surface area contributed by atoms with Crippen LogP contribution in [0.25, 0.3) is 11.1 Å². The average Bonchev–Trinajstić information content (AvgIpc) is 3.37. The van der Waals surface area contributed by atoms with Gasteiger partial charge in [-0.15, -0.1) is 11.3 Å². The van der Waals surface area contributed by atoms with Crippen LogP contribution in [-0.2, 0) is 17.6 Å². The highest BCUT2D eigenvalue weighted by atomic mass is 32.1. The lowest BCUT2D eigenvalue weighted by atomic mass is 9.71. The van der Waals surface area contributed by atoms with Gasteiger partial charge in [0.1, 0.15) is 16.3 Å².